The zero-order valence-electron chi connectivity index (χ0n) is 17.8. The molecule has 3 heterocycles. The maximum atomic E-state index is 13.7. The van der Waals surface area contributed by atoms with E-state index in [1.807, 2.05) is 0 Å². The van der Waals surface area contributed by atoms with Crippen molar-refractivity contribution < 1.29 is 18.0 Å². The van der Waals surface area contributed by atoms with Crippen molar-refractivity contribution in [2.24, 2.45) is 5.73 Å². The first-order chi connectivity index (χ1) is 16.2. The largest absolute Gasteiger partial charge is 0.318 e. The molecule has 2 unspecified atom stereocenters. The van der Waals surface area contributed by atoms with Gasteiger partial charge in [-0.05, 0) is 42.7 Å². The fourth-order valence-corrected chi connectivity index (χ4v) is 6.48. The summed E-state index contributed by atoms with van der Waals surface area (Å²) < 4.78 is 28.5. The van der Waals surface area contributed by atoms with E-state index in [1.165, 1.54) is 29.3 Å². The number of carbonyl (C=O) groups is 2. The highest BCUT2D eigenvalue weighted by Crippen LogP contribution is 2.38. The molecule has 5 rings (SSSR count). The molecule has 1 aromatic carbocycles. The number of halogens is 2. The number of sulfonamides is 1. The Morgan fingerprint density at radius 2 is 1.88 bits per heavy atom. The van der Waals surface area contributed by atoms with E-state index in [0.29, 0.717) is 0 Å². The van der Waals surface area contributed by atoms with Crippen LogP contribution < -0.4 is 5.73 Å². The van der Waals surface area contributed by atoms with Crippen LogP contribution in [0.4, 0.5) is 0 Å². The molecule has 2 aliphatic heterocycles. The second-order valence-corrected chi connectivity index (χ2v) is 11.1. The van der Waals surface area contributed by atoms with Gasteiger partial charge in [0.15, 0.2) is 0 Å². The number of rotatable bonds is 5. The molecule has 2 N–H and O–H groups in total. The number of aromatic nitrogens is 1. The average Bonchev–Trinajstić information content (AvgIpc) is 3.63. The van der Waals surface area contributed by atoms with Gasteiger partial charge in [0.2, 0.25) is 11.8 Å². The molecule has 3 aliphatic rings. The first-order valence-electron chi connectivity index (χ1n) is 10.7. The van der Waals surface area contributed by atoms with Crippen LogP contribution in [0.1, 0.15) is 18.4 Å². The van der Waals surface area contributed by atoms with Crippen LogP contribution in [-0.2, 0) is 26.0 Å². The lowest BCUT2D eigenvalue weighted by atomic mass is 10.0. The smallest absolute Gasteiger partial charge is 0.267 e. The van der Waals surface area contributed by atoms with E-state index in [1.54, 1.807) is 29.4 Å². The Labute approximate surface area is 206 Å². The SMILES string of the molecule is NC1CN(S(=O)(=O)c2ccc(Cl)cc2Cl)C2=CN(C3CC3)C(=O)C(Cc3cccnc3)N2C1=O. The van der Waals surface area contributed by atoms with Gasteiger partial charge in [-0.1, -0.05) is 29.3 Å². The number of pyridine rings is 1. The molecule has 1 saturated carbocycles. The Hall–Kier alpha value is -2.66. The lowest BCUT2D eigenvalue weighted by molar-refractivity contribution is -0.148. The first kappa shape index (κ1) is 23.1. The molecule has 0 bridgehead atoms. The van der Waals surface area contributed by atoms with Crippen LogP contribution >= 0.6 is 23.2 Å². The summed E-state index contributed by atoms with van der Waals surface area (Å²) >= 11 is 12.2. The molecule has 1 saturated heterocycles. The summed E-state index contributed by atoms with van der Waals surface area (Å²) in [6.07, 6.45) is 6.45. The molecule has 0 spiro atoms. The minimum absolute atomic E-state index is 0.0343. The highest BCUT2D eigenvalue weighted by atomic mass is 35.5. The third kappa shape index (κ3) is 3.94. The molecule has 2 atom stereocenters. The number of fused-ring (bicyclic) bond motifs is 1. The van der Waals surface area contributed by atoms with Crippen molar-refractivity contribution in [2.45, 2.75) is 42.3 Å². The molecular weight excluding hydrogens is 501 g/mol. The number of hydrogen-bond donors (Lipinski definition) is 1. The van der Waals surface area contributed by atoms with Crippen molar-refractivity contribution >= 4 is 45.0 Å². The first-order valence-corrected chi connectivity index (χ1v) is 12.9. The van der Waals surface area contributed by atoms with Gasteiger partial charge in [-0.15, -0.1) is 0 Å². The molecule has 34 heavy (non-hydrogen) atoms. The number of carbonyl (C=O) groups excluding carboxylic acids is 2. The fraction of sp³-hybridized carbons (Fsp3) is 0.318. The molecule has 2 amide bonds. The van der Waals surface area contributed by atoms with Gasteiger partial charge >= 0.3 is 0 Å². The zero-order chi connectivity index (χ0) is 24.2. The molecular formula is C22H21Cl2N5O4S. The van der Waals surface area contributed by atoms with E-state index in [9.17, 15) is 18.0 Å². The van der Waals surface area contributed by atoms with Gasteiger partial charge in [0.05, 0.1) is 11.6 Å². The third-order valence-electron chi connectivity index (χ3n) is 6.08. The van der Waals surface area contributed by atoms with Crippen molar-refractivity contribution in [2.75, 3.05) is 6.54 Å². The van der Waals surface area contributed by atoms with Gasteiger partial charge < -0.3 is 10.6 Å². The summed E-state index contributed by atoms with van der Waals surface area (Å²) in [6.45, 7) is -0.283. The van der Waals surface area contributed by atoms with Crippen molar-refractivity contribution in [3.8, 4) is 0 Å². The van der Waals surface area contributed by atoms with E-state index < -0.39 is 28.0 Å². The molecule has 178 valence electrons. The Morgan fingerprint density at radius 3 is 2.53 bits per heavy atom. The van der Waals surface area contributed by atoms with E-state index >= 15 is 0 Å². The fourth-order valence-electron chi connectivity index (χ4n) is 4.26. The summed E-state index contributed by atoms with van der Waals surface area (Å²) in [5, 5.41) is 0.234. The standard InChI is InChI=1S/C22H21Cl2N5O4S/c23-14-3-6-19(16(24)9-14)34(32,33)28-11-17(25)21(30)29-18(8-13-2-1-7-26-10-13)22(31)27(12-20(28)29)15-4-5-15/h1-3,6-7,9-10,12,15,17-18H,4-5,8,11,25H2. The average molecular weight is 522 g/mol. The molecule has 12 heteroatoms. The normalized spacial score (nSPS) is 23.1. The number of nitrogens with two attached hydrogens (primary N) is 1. The molecule has 1 aliphatic carbocycles. The van der Waals surface area contributed by atoms with Crippen molar-refractivity contribution in [1.82, 2.24) is 19.1 Å². The van der Waals surface area contributed by atoms with Crippen LogP contribution in [-0.4, -0.2) is 64.0 Å². The molecule has 0 radical (unpaired) electrons. The van der Waals surface area contributed by atoms with Crippen molar-refractivity contribution in [3.05, 3.63) is 70.4 Å². The highest BCUT2D eigenvalue weighted by Gasteiger charge is 2.51. The van der Waals surface area contributed by atoms with Gasteiger partial charge in [-0.3, -0.25) is 19.5 Å². The van der Waals surface area contributed by atoms with Gasteiger partial charge in [-0.2, -0.15) is 0 Å². The number of nitrogens with zero attached hydrogens (tertiary/aromatic N) is 4. The Kier molecular flexibility index (Phi) is 5.79. The van der Waals surface area contributed by atoms with Gasteiger partial charge in [-0.25, -0.2) is 12.7 Å². The quantitative estimate of drug-likeness (QED) is 0.642. The lowest BCUT2D eigenvalue weighted by Gasteiger charge is -2.47. The summed E-state index contributed by atoms with van der Waals surface area (Å²) in [4.78, 5) is 33.4. The maximum Gasteiger partial charge on any atom is 0.267 e. The van der Waals surface area contributed by atoms with E-state index in [4.69, 9.17) is 28.9 Å². The van der Waals surface area contributed by atoms with E-state index in [0.717, 1.165) is 22.7 Å². The molecule has 9 nitrogen and oxygen atoms in total. The Bertz CT molecular complexity index is 1300. The van der Waals surface area contributed by atoms with E-state index in [-0.39, 0.29) is 45.7 Å². The summed E-state index contributed by atoms with van der Waals surface area (Å²) in [7, 11) is -4.23. The van der Waals surface area contributed by atoms with Crippen LogP contribution in [0.3, 0.4) is 0 Å². The predicted octanol–water partition coefficient (Wildman–Crippen LogP) is 1.96. The summed E-state index contributed by atoms with van der Waals surface area (Å²) in [6, 6.07) is 5.46. The van der Waals surface area contributed by atoms with E-state index in [2.05, 4.69) is 4.98 Å². The summed E-state index contributed by atoms with van der Waals surface area (Å²) in [5.41, 5.74) is 6.84. The third-order valence-corrected chi connectivity index (χ3v) is 8.57. The monoisotopic (exact) mass is 521 g/mol. The number of hydrogen-bond acceptors (Lipinski definition) is 6. The van der Waals surface area contributed by atoms with Crippen LogP contribution in [0.2, 0.25) is 10.0 Å². The number of amides is 2. The zero-order valence-corrected chi connectivity index (χ0v) is 20.2. The summed E-state index contributed by atoms with van der Waals surface area (Å²) in [5.74, 6) is -0.713. The second kappa shape index (κ2) is 8.53. The lowest BCUT2D eigenvalue weighted by Crippen LogP contribution is -2.66. The second-order valence-electron chi connectivity index (χ2n) is 8.47. The van der Waals surface area contributed by atoms with Crippen LogP contribution in [0.15, 0.2) is 59.6 Å². The Balaban J connectivity index is 1.62. The maximum absolute atomic E-state index is 13.7. The molecule has 1 aromatic heterocycles. The van der Waals surface area contributed by atoms with Crippen LogP contribution in [0.25, 0.3) is 0 Å². The van der Waals surface area contributed by atoms with Crippen molar-refractivity contribution in [3.63, 3.8) is 0 Å². The predicted molar refractivity (Wildman–Crippen MR) is 125 cm³/mol. The molecule has 2 fully saturated rings. The minimum Gasteiger partial charge on any atom is -0.318 e. The van der Waals surface area contributed by atoms with Gasteiger partial charge in [0, 0.05) is 36.1 Å². The van der Waals surface area contributed by atoms with Crippen LogP contribution in [0, 0.1) is 0 Å². The number of benzene rings is 1. The van der Waals surface area contributed by atoms with Gasteiger partial charge in [0.25, 0.3) is 10.0 Å². The molecule has 2 aromatic rings. The van der Waals surface area contributed by atoms with Crippen LogP contribution in [0.5, 0.6) is 0 Å². The highest BCUT2D eigenvalue weighted by molar-refractivity contribution is 7.89. The Morgan fingerprint density at radius 1 is 1.12 bits per heavy atom. The minimum atomic E-state index is -4.23. The van der Waals surface area contributed by atoms with Crippen molar-refractivity contribution in [1.29, 1.82) is 0 Å². The van der Waals surface area contributed by atoms with Gasteiger partial charge in [0.1, 0.15) is 22.8 Å². The topological polar surface area (TPSA) is 117 Å².